The van der Waals surface area contributed by atoms with Crippen molar-refractivity contribution in [1.29, 1.82) is 0 Å². The summed E-state index contributed by atoms with van der Waals surface area (Å²) in [4.78, 5) is 6.67. The van der Waals surface area contributed by atoms with Crippen LogP contribution in [0.4, 0.5) is 5.69 Å². The molecule has 2 unspecified atom stereocenters. The van der Waals surface area contributed by atoms with E-state index in [0.29, 0.717) is 11.2 Å². The van der Waals surface area contributed by atoms with E-state index in [4.69, 9.17) is 11.6 Å². The lowest BCUT2D eigenvalue weighted by atomic mass is 9.92. The Morgan fingerprint density at radius 1 is 1.47 bits per heavy atom. The van der Waals surface area contributed by atoms with Gasteiger partial charge in [-0.3, -0.25) is 0 Å². The summed E-state index contributed by atoms with van der Waals surface area (Å²) in [7, 11) is 0. The van der Waals surface area contributed by atoms with Crippen LogP contribution in [0.25, 0.3) is 0 Å². The van der Waals surface area contributed by atoms with Crippen LogP contribution < -0.4 is 10.2 Å². The number of anilines is 1. The van der Waals surface area contributed by atoms with Crippen LogP contribution in [0.15, 0.2) is 12.3 Å². The van der Waals surface area contributed by atoms with Crippen LogP contribution in [0.1, 0.15) is 18.4 Å². The van der Waals surface area contributed by atoms with E-state index in [1.54, 1.807) is 0 Å². The second-order valence-electron chi connectivity index (χ2n) is 5.15. The highest BCUT2D eigenvalue weighted by atomic mass is 35.5. The zero-order valence-corrected chi connectivity index (χ0v) is 10.9. The van der Waals surface area contributed by atoms with Crippen LogP contribution in [0, 0.1) is 12.8 Å². The molecule has 0 amide bonds. The monoisotopic (exact) mass is 251 g/mol. The summed E-state index contributed by atoms with van der Waals surface area (Å²) >= 11 is 5.97. The largest absolute Gasteiger partial charge is 0.369 e. The van der Waals surface area contributed by atoms with E-state index in [1.807, 2.05) is 13.1 Å². The van der Waals surface area contributed by atoms with Crippen LogP contribution >= 0.6 is 11.6 Å². The number of fused-ring (bicyclic) bond motifs is 1. The molecule has 2 fully saturated rings. The normalized spacial score (nSPS) is 28.2. The maximum absolute atomic E-state index is 5.97. The molecule has 3 nitrogen and oxygen atoms in total. The molecule has 0 bridgehead atoms. The zero-order chi connectivity index (χ0) is 11.8. The molecule has 2 aliphatic rings. The maximum Gasteiger partial charge on any atom is 0.132 e. The molecule has 2 aliphatic heterocycles. The Hall–Kier alpha value is -0.800. The molecule has 1 aromatic heterocycles. The van der Waals surface area contributed by atoms with Gasteiger partial charge < -0.3 is 10.2 Å². The lowest BCUT2D eigenvalue weighted by Crippen LogP contribution is -2.46. The van der Waals surface area contributed by atoms with E-state index in [-0.39, 0.29) is 0 Å². The smallest absolute Gasteiger partial charge is 0.132 e. The standard InChI is InChI=1S/C13H18ClN3/c1-9-6-11(7-16-13(9)14)17-5-3-10-2-4-15-12(10)8-17/h6-7,10,12,15H,2-5,8H2,1H3. The van der Waals surface area contributed by atoms with Gasteiger partial charge in [0.05, 0.1) is 11.9 Å². The topological polar surface area (TPSA) is 28.2 Å². The highest BCUT2D eigenvalue weighted by molar-refractivity contribution is 6.30. The number of hydrogen-bond acceptors (Lipinski definition) is 3. The predicted octanol–water partition coefficient (Wildman–Crippen LogP) is 2.23. The molecular weight excluding hydrogens is 234 g/mol. The number of halogens is 1. The van der Waals surface area contributed by atoms with Gasteiger partial charge >= 0.3 is 0 Å². The summed E-state index contributed by atoms with van der Waals surface area (Å²) < 4.78 is 0. The van der Waals surface area contributed by atoms with E-state index in [1.165, 1.54) is 25.1 Å². The van der Waals surface area contributed by atoms with Gasteiger partial charge in [0.25, 0.3) is 0 Å². The Balaban J connectivity index is 1.78. The molecular formula is C13H18ClN3. The number of nitrogens with zero attached hydrogens (tertiary/aromatic N) is 2. The molecule has 92 valence electrons. The molecule has 0 radical (unpaired) electrons. The van der Waals surface area contributed by atoms with Gasteiger partial charge in [0, 0.05) is 19.1 Å². The highest BCUT2D eigenvalue weighted by Crippen LogP contribution is 2.29. The van der Waals surface area contributed by atoms with E-state index >= 15 is 0 Å². The van der Waals surface area contributed by atoms with Gasteiger partial charge in [0.1, 0.15) is 5.15 Å². The van der Waals surface area contributed by atoms with Crippen molar-refractivity contribution in [3.63, 3.8) is 0 Å². The summed E-state index contributed by atoms with van der Waals surface area (Å²) in [5, 5.41) is 4.21. The first kappa shape index (κ1) is 11.3. The minimum Gasteiger partial charge on any atom is -0.369 e. The molecule has 1 N–H and O–H groups in total. The Labute approximate surface area is 107 Å². The first-order valence-electron chi connectivity index (χ1n) is 6.34. The lowest BCUT2D eigenvalue weighted by Gasteiger charge is -2.36. The second kappa shape index (κ2) is 4.46. The van der Waals surface area contributed by atoms with Gasteiger partial charge in [-0.05, 0) is 43.9 Å². The fraction of sp³-hybridized carbons (Fsp3) is 0.615. The quantitative estimate of drug-likeness (QED) is 0.776. The minimum atomic E-state index is 0.614. The van der Waals surface area contributed by atoms with Crippen LogP contribution in [0.2, 0.25) is 5.15 Å². The van der Waals surface area contributed by atoms with E-state index in [9.17, 15) is 0 Å². The van der Waals surface area contributed by atoms with Crippen molar-refractivity contribution in [2.75, 3.05) is 24.5 Å². The third-order valence-corrected chi connectivity index (χ3v) is 4.44. The van der Waals surface area contributed by atoms with Crippen LogP contribution in [-0.2, 0) is 0 Å². The Kier molecular flexibility index (Phi) is 2.97. The fourth-order valence-corrected chi connectivity index (χ4v) is 3.09. The molecule has 3 rings (SSSR count). The Bertz CT molecular complexity index is 421. The lowest BCUT2D eigenvalue weighted by molar-refractivity contribution is 0.373. The third kappa shape index (κ3) is 2.14. The van der Waals surface area contributed by atoms with Crippen molar-refractivity contribution in [3.8, 4) is 0 Å². The van der Waals surface area contributed by atoms with Gasteiger partial charge in [0.2, 0.25) is 0 Å². The van der Waals surface area contributed by atoms with E-state index in [0.717, 1.165) is 24.6 Å². The first-order valence-corrected chi connectivity index (χ1v) is 6.72. The second-order valence-corrected chi connectivity index (χ2v) is 5.50. The molecule has 3 heterocycles. The number of aromatic nitrogens is 1. The average molecular weight is 252 g/mol. The van der Waals surface area contributed by atoms with Crippen molar-refractivity contribution in [3.05, 3.63) is 23.0 Å². The zero-order valence-electron chi connectivity index (χ0n) is 10.1. The third-order valence-electron chi connectivity index (χ3n) is 4.04. The summed E-state index contributed by atoms with van der Waals surface area (Å²) in [6.45, 7) is 5.44. The van der Waals surface area contributed by atoms with Gasteiger partial charge in [-0.25, -0.2) is 4.98 Å². The molecule has 2 atom stereocenters. The predicted molar refractivity (Wildman–Crippen MR) is 70.7 cm³/mol. The minimum absolute atomic E-state index is 0.614. The van der Waals surface area contributed by atoms with Crippen molar-refractivity contribution < 1.29 is 0 Å². The fourth-order valence-electron chi connectivity index (χ4n) is 2.98. The van der Waals surface area contributed by atoms with Crippen molar-refractivity contribution in [2.45, 2.75) is 25.8 Å². The number of pyridine rings is 1. The number of rotatable bonds is 1. The van der Waals surface area contributed by atoms with Gasteiger partial charge in [-0.1, -0.05) is 11.6 Å². The molecule has 0 saturated carbocycles. The van der Waals surface area contributed by atoms with Gasteiger partial charge in [0.15, 0.2) is 0 Å². The number of aryl methyl sites for hydroxylation is 1. The molecule has 2 saturated heterocycles. The average Bonchev–Trinajstić information content (AvgIpc) is 2.79. The highest BCUT2D eigenvalue weighted by Gasteiger charge is 2.32. The summed E-state index contributed by atoms with van der Waals surface area (Å²) in [6, 6.07) is 2.81. The SMILES string of the molecule is Cc1cc(N2CCC3CCNC3C2)cnc1Cl. The molecule has 1 aromatic rings. The van der Waals surface area contributed by atoms with Crippen molar-refractivity contribution >= 4 is 17.3 Å². The molecule has 0 aliphatic carbocycles. The Morgan fingerprint density at radius 3 is 3.18 bits per heavy atom. The van der Waals surface area contributed by atoms with Crippen LogP contribution in [0.3, 0.4) is 0 Å². The number of hydrogen-bond donors (Lipinski definition) is 1. The van der Waals surface area contributed by atoms with Crippen LogP contribution in [-0.4, -0.2) is 30.7 Å². The van der Waals surface area contributed by atoms with Crippen LogP contribution in [0.5, 0.6) is 0 Å². The summed E-state index contributed by atoms with van der Waals surface area (Å²) in [6.07, 6.45) is 4.53. The number of nitrogens with one attached hydrogen (secondary N) is 1. The Morgan fingerprint density at radius 2 is 2.35 bits per heavy atom. The molecule has 4 heteroatoms. The number of piperidine rings is 1. The molecule has 0 aromatic carbocycles. The summed E-state index contributed by atoms with van der Waals surface area (Å²) in [5.41, 5.74) is 2.27. The van der Waals surface area contributed by atoms with Gasteiger partial charge in [-0.2, -0.15) is 0 Å². The molecule has 17 heavy (non-hydrogen) atoms. The van der Waals surface area contributed by atoms with Gasteiger partial charge in [-0.15, -0.1) is 0 Å². The molecule has 0 spiro atoms. The van der Waals surface area contributed by atoms with E-state index < -0.39 is 0 Å². The van der Waals surface area contributed by atoms with Crippen molar-refractivity contribution in [1.82, 2.24) is 10.3 Å². The summed E-state index contributed by atoms with van der Waals surface area (Å²) in [5.74, 6) is 0.882. The first-order chi connectivity index (χ1) is 8.24. The van der Waals surface area contributed by atoms with E-state index in [2.05, 4.69) is 21.3 Å². The van der Waals surface area contributed by atoms with Crippen molar-refractivity contribution in [2.24, 2.45) is 5.92 Å². The maximum atomic E-state index is 5.97.